The lowest BCUT2D eigenvalue weighted by Gasteiger charge is -2.43. The summed E-state index contributed by atoms with van der Waals surface area (Å²) in [6.45, 7) is 6.43. The predicted octanol–water partition coefficient (Wildman–Crippen LogP) is 3.89. The topological polar surface area (TPSA) is 166 Å². The van der Waals surface area contributed by atoms with Crippen molar-refractivity contribution in [2.75, 3.05) is 44.3 Å². The molecular formula is C25H28F9N5O7. The Bertz CT molecular complexity index is 1180. The predicted molar refractivity (Wildman–Crippen MR) is 137 cm³/mol. The third-order valence-corrected chi connectivity index (χ3v) is 5.85. The zero-order chi connectivity index (χ0) is 35.2. The van der Waals surface area contributed by atoms with Gasteiger partial charge in [-0.25, -0.2) is 24.4 Å². The van der Waals surface area contributed by atoms with E-state index >= 15 is 0 Å². The largest absolute Gasteiger partial charge is 0.490 e. The Kier molecular flexibility index (Phi) is 15.1. The molecule has 21 heteroatoms. The number of hydrogen-bond acceptors (Lipinski definition) is 9. The molecule has 4 heterocycles. The fourth-order valence-electron chi connectivity index (χ4n) is 4.03. The monoisotopic (exact) mass is 681 g/mol. The molecule has 0 aromatic carbocycles. The van der Waals surface area contributed by atoms with Crippen LogP contribution in [0.5, 0.6) is 0 Å². The lowest BCUT2D eigenvalue weighted by Crippen LogP contribution is -2.50. The molecule has 0 amide bonds. The summed E-state index contributed by atoms with van der Waals surface area (Å²) in [5, 5.41) is 21.4. The van der Waals surface area contributed by atoms with E-state index in [4.69, 9.17) is 34.4 Å². The summed E-state index contributed by atoms with van der Waals surface area (Å²) < 4.78 is 101. The van der Waals surface area contributed by atoms with Crippen molar-refractivity contribution in [2.45, 2.75) is 37.9 Å². The Morgan fingerprint density at radius 3 is 1.72 bits per heavy atom. The minimum absolute atomic E-state index is 0.142. The average molecular weight is 682 g/mol. The van der Waals surface area contributed by atoms with Crippen LogP contribution in [-0.2, 0) is 25.7 Å². The van der Waals surface area contributed by atoms with Gasteiger partial charge in [0.1, 0.15) is 0 Å². The first-order valence-electron chi connectivity index (χ1n) is 12.8. The first-order chi connectivity index (χ1) is 21.2. The van der Waals surface area contributed by atoms with Crippen LogP contribution in [0.2, 0.25) is 0 Å². The van der Waals surface area contributed by atoms with Crippen LogP contribution in [0.3, 0.4) is 0 Å². The molecule has 2 aromatic rings. The first kappa shape index (κ1) is 39.8. The zero-order valence-corrected chi connectivity index (χ0v) is 23.5. The van der Waals surface area contributed by atoms with Crippen LogP contribution in [0.15, 0.2) is 42.9 Å². The number of carboxylic acid groups (broad SMARTS) is 3. The quantitative estimate of drug-likeness (QED) is 0.401. The molecule has 12 nitrogen and oxygen atoms in total. The van der Waals surface area contributed by atoms with E-state index < -0.39 is 36.4 Å². The number of carbonyl (C=O) groups is 3. The molecule has 0 aliphatic carbocycles. The number of piperidine rings is 1. The van der Waals surface area contributed by atoms with Crippen molar-refractivity contribution in [2.24, 2.45) is 5.41 Å². The van der Waals surface area contributed by atoms with Gasteiger partial charge in [-0.15, -0.1) is 0 Å². The van der Waals surface area contributed by atoms with Gasteiger partial charge in [-0.2, -0.15) is 39.5 Å². The van der Waals surface area contributed by atoms with Crippen molar-refractivity contribution in [3.05, 3.63) is 48.5 Å². The third-order valence-electron chi connectivity index (χ3n) is 5.85. The lowest BCUT2D eigenvalue weighted by atomic mass is 9.80. The zero-order valence-electron chi connectivity index (χ0n) is 23.5. The van der Waals surface area contributed by atoms with Gasteiger partial charge in [-0.1, -0.05) is 6.07 Å². The van der Waals surface area contributed by atoms with Crippen LogP contribution in [0.25, 0.3) is 0 Å². The molecule has 0 bridgehead atoms. The fraction of sp³-hybridized carbons (Fsp3) is 0.520. The van der Waals surface area contributed by atoms with Crippen LogP contribution in [0, 0.1) is 5.41 Å². The summed E-state index contributed by atoms with van der Waals surface area (Å²) in [5.41, 5.74) is 1.28. The van der Waals surface area contributed by atoms with Crippen molar-refractivity contribution in [3.8, 4) is 0 Å². The van der Waals surface area contributed by atoms with Gasteiger partial charge in [-0.05, 0) is 37.6 Å². The van der Waals surface area contributed by atoms with E-state index in [9.17, 15) is 39.5 Å². The Morgan fingerprint density at radius 1 is 0.761 bits per heavy atom. The van der Waals surface area contributed by atoms with Gasteiger partial charge in [0.15, 0.2) is 0 Å². The molecule has 46 heavy (non-hydrogen) atoms. The number of nitrogens with zero attached hydrogens (tertiary/aromatic N) is 5. The second-order valence-corrected chi connectivity index (χ2v) is 9.57. The van der Waals surface area contributed by atoms with Crippen molar-refractivity contribution in [1.82, 2.24) is 19.9 Å². The maximum Gasteiger partial charge on any atom is 0.490 e. The molecule has 2 aliphatic heterocycles. The maximum absolute atomic E-state index is 10.6. The molecule has 1 atom stereocenters. The number of carboxylic acids is 3. The number of aliphatic carboxylic acids is 3. The smallest absolute Gasteiger partial charge is 0.475 e. The molecule has 1 unspecified atom stereocenters. The highest BCUT2D eigenvalue weighted by Gasteiger charge is 2.41. The third kappa shape index (κ3) is 15.1. The summed E-state index contributed by atoms with van der Waals surface area (Å²) in [4.78, 5) is 44.9. The van der Waals surface area contributed by atoms with Gasteiger partial charge in [0.25, 0.3) is 0 Å². The highest BCUT2D eigenvalue weighted by molar-refractivity contribution is 5.73. The van der Waals surface area contributed by atoms with Gasteiger partial charge in [-0.3, -0.25) is 9.88 Å². The molecule has 258 valence electrons. The number of likely N-dealkylation sites (tertiary alicyclic amines) is 1. The van der Waals surface area contributed by atoms with Gasteiger partial charge < -0.3 is 25.0 Å². The highest BCUT2D eigenvalue weighted by Crippen LogP contribution is 2.34. The van der Waals surface area contributed by atoms with Crippen LogP contribution in [-0.4, -0.2) is 111 Å². The minimum Gasteiger partial charge on any atom is -0.475 e. The molecule has 4 rings (SSSR count). The van der Waals surface area contributed by atoms with Crippen LogP contribution in [0.4, 0.5) is 45.5 Å². The number of alkyl halides is 9. The van der Waals surface area contributed by atoms with Crippen molar-refractivity contribution in [3.63, 3.8) is 0 Å². The van der Waals surface area contributed by atoms with E-state index in [1.165, 1.54) is 12.8 Å². The average Bonchev–Trinajstić information content (AvgIpc) is 3.16. The summed E-state index contributed by atoms with van der Waals surface area (Å²) in [7, 11) is 0. The highest BCUT2D eigenvalue weighted by atomic mass is 19.4. The second kappa shape index (κ2) is 17.4. The van der Waals surface area contributed by atoms with Crippen LogP contribution >= 0.6 is 0 Å². The summed E-state index contributed by atoms with van der Waals surface area (Å²) >= 11 is 0. The van der Waals surface area contributed by atoms with Crippen molar-refractivity contribution >= 4 is 23.9 Å². The molecule has 2 aliphatic rings. The Labute approximate surface area is 254 Å². The standard InChI is InChI=1S/C19H25N5O.3C2HF3O2/c1-2-7-20-17(5-1)13-23-10-3-6-19(14-23)15-24(11-12-25-16-19)18-21-8-4-9-22-18;3*3-2(4,5)1(6)7/h1-2,4-5,7-9H,3,6,10-16H2;3*(H,6,7). The number of pyridine rings is 1. The molecule has 2 fully saturated rings. The summed E-state index contributed by atoms with van der Waals surface area (Å²) in [5.74, 6) is -7.46. The minimum atomic E-state index is -5.08. The van der Waals surface area contributed by atoms with Gasteiger partial charge in [0.2, 0.25) is 5.95 Å². The fourth-order valence-corrected chi connectivity index (χ4v) is 4.03. The number of rotatable bonds is 3. The van der Waals surface area contributed by atoms with Crippen molar-refractivity contribution < 1.29 is 74.0 Å². The Hall–Kier alpha value is -4.27. The van der Waals surface area contributed by atoms with Gasteiger partial charge in [0, 0.05) is 50.2 Å². The van der Waals surface area contributed by atoms with E-state index in [1.54, 1.807) is 0 Å². The van der Waals surface area contributed by atoms with E-state index in [-0.39, 0.29) is 5.41 Å². The number of ether oxygens (including phenoxy) is 1. The number of hydrogen-bond donors (Lipinski definition) is 3. The molecule has 0 saturated carbocycles. The second-order valence-electron chi connectivity index (χ2n) is 9.57. The molecule has 1 spiro atoms. The summed E-state index contributed by atoms with van der Waals surface area (Å²) in [6.07, 6.45) is -7.36. The first-order valence-corrected chi connectivity index (χ1v) is 12.8. The Morgan fingerprint density at radius 2 is 1.26 bits per heavy atom. The van der Waals surface area contributed by atoms with Gasteiger partial charge in [0.05, 0.1) is 18.9 Å². The van der Waals surface area contributed by atoms with Crippen LogP contribution < -0.4 is 4.90 Å². The van der Waals surface area contributed by atoms with E-state index in [1.807, 2.05) is 30.7 Å². The molecule has 0 radical (unpaired) electrons. The molecule has 3 N–H and O–H groups in total. The molecule has 2 saturated heterocycles. The lowest BCUT2D eigenvalue weighted by molar-refractivity contribution is -0.193. The molecule has 2 aromatic heterocycles. The number of halogens is 9. The van der Waals surface area contributed by atoms with E-state index in [2.05, 4.69) is 36.9 Å². The van der Waals surface area contributed by atoms with Gasteiger partial charge >= 0.3 is 36.4 Å². The number of aromatic nitrogens is 3. The van der Waals surface area contributed by atoms with E-state index in [0.717, 1.165) is 57.6 Å². The van der Waals surface area contributed by atoms with E-state index in [0.29, 0.717) is 0 Å². The summed E-state index contributed by atoms with van der Waals surface area (Å²) in [6, 6.07) is 8.00. The van der Waals surface area contributed by atoms with Crippen molar-refractivity contribution in [1.29, 1.82) is 0 Å². The van der Waals surface area contributed by atoms with Crippen LogP contribution in [0.1, 0.15) is 18.5 Å². The maximum atomic E-state index is 10.6. The SMILES string of the molecule is O=C(O)C(F)(F)F.O=C(O)C(F)(F)F.O=C(O)C(F)(F)F.c1ccc(CN2CCCC3(COCCN(c4ncccn4)C3)C2)nc1. The Balaban J connectivity index is 0.000000413. The number of anilines is 1. The normalized spacial score (nSPS) is 18.8. The molecular weight excluding hydrogens is 653 g/mol.